The van der Waals surface area contributed by atoms with Crippen LogP contribution in [0.3, 0.4) is 0 Å². The molecular weight excluding hydrogens is 157 g/mol. The molecule has 0 rings (SSSR count). The van der Waals surface area contributed by atoms with Crippen molar-refractivity contribution in [1.29, 1.82) is 0 Å². The van der Waals surface area contributed by atoms with Gasteiger partial charge in [-0.3, -0.25) is 0 Å². The van der Waals surface area contributed by atoms with E-state index in [1.807, 2.05) is 6.92 Å². The highest BCUT2D eigenvalue weighted by Gasteiger charge is 2.01. The second-order valence-electron chi connectivity index (χ2n) is 3.14. The molecule has 4 heteroatoms. The number of nitrogens with one attached hydrogen (secondary N) is 1. The SMILES string of the molecule is CC(N)CCNCCC(F)CN. The minimum absolute atomic E-state index is 0.120. The molecular formula is C8H20FN3. The predicted octanol–water partition coefficient (Wildman–Crippen LogP) is 0.000200. The van der Waals surface area contributed by atoms with Gasteiger partial charge in [-0.2, -0.15) is 0 Å². The predicted molar refractivity (Wildman–Crippen MR) is 49.7 cm³/mol. The fourth-order valence-electron chi connectivity index (χ4n) is 0.831. The summed E-state index contributed by atoms with van der Waals surface area (Å²) in [4.78, 5) is 0. The Bertz CT molecular complexity index is 98.3. The molecule has 0 aliphatic heterocycles. The van der Waals surface area contributed by atoms with E-state index in [-0.39, 0.29) is 12.6 Å². The van der Waals surface area contributed by atoms with Crippen LogP contribution in [0.2, 0.25) is 0 Å². The van der Waals surface area contributed by atoms with E-state index in [4.69, 9.17) is 11.5 Å². The van der Waals surface area contributed by atoms with Crippen molar-refractivity contribution in [2.75, 3.05) is 19.6 Å². The highest BCUT2D eigenvalue weighted by molar-refractivity contribution is 4.60. The number of hydrogen-bond acceptors (Lipinski definition) is 3. The van der Waals surface area contributed by atoms with Crippen LogP contribution in [0.4, 0.5) is 4.39 Å². The van der Waals surface area contributed by atoms with Gasteiger partial charge < -0.3 is 16.8 Å². The maximum absolute atomic E-state index is 12.5. The van der Waals surface area contributed by atoms with Crippen molar-refractivity contribution >= 4 is 0 Å². The zero-order valence-corrected chi connectivity index (χ0v) is 7.72. The molecule has 0 radical (unpaired) electrons. The Morgan fingerprint density at radius 3 is 2.42 bits per heavy atom. The van der Waals surface area contributed by atoms with Gasteiger partial charge in [0.25, 0.3) is 0 Å². The maximum atomic E-state index is 12.5. The second kappa shape index (κ2) is 7.46. The van der Waals surface area contributed by atoms with Crippen molar-refractivity contribution in [3.8, 4) is 0 Å². The Balaban J connectivity index is 3.00. The molecule has 0 aromatic carbocycles. The summed E-state index contributed by atoms with van der Waals surface area (Å²) in [5.74, 6) is 0. The van der Waals surface area contributed by atoms with Crippen molar-refractivity contribution in [1.82, 2.24) is 5.32 Å². The molecule has 0 aromatic heterocycles. The molecule has 0 spiro atoms. The van der Waals surface area contributed by atoms with Crippen molar-refractivity contribution in [2.45, 2.75) is 32.0 Å². The Labute approximate surface area is 73.7 Å². The van der Waals surface area contributed by atoms with Crippen molar-refractivity contribution in [3.05, 3.63) is 0 Å². The second-order valence-corrected chi connectivity index (χ2v) is 3.14. The Kier molecular flexibility index (Phi) is 7.34. The van der Waals surface area contributed by atoms with E-state index in [0.717, 1.165) is 13.0 Å². The molecule has 0 fully saturated rings. The third kappa shape index (κ3) is 7.91. The zero-order valence-electron chi connectivity index (χ0n) is 7.72. The molecule has 0 heterocycles. The van der Waals surface area contributed by atoms with Crippen LogP contribution in [0.1, 0.15) is 19.8 Å². The van der Waals surface area contributed by atoms with Gasteiger partial charge in [-0.1, -0.05) is 0 Å². The van der Waals surface area contributed by atoms with Gasteiger partial charge in [-0.15, -0.1) is 0 Å². The molecule has 0 aliphatic carbocycles. The standard InChI is InChI=1S/C8H20FN3/c1-7(11)2-4-12-5-3-8(9)6-10/h7-8,12H,2-6,10-11H2,1H3. The van der Waals surface area contributed by atoms with Crippen molar-refractivity contribution in [2.24, 2.45) is 11.5 Å². The Morgan fingerprint density at radius 2 is 1.92 bits per heavy atom. The smallest absolute Gasteiger partial charge is 0.113 e. The van der Waals surface area contributed by atoms with E-state index in [0.29, 0.717) is 13.0 Å². The summed E-state index contributed by atoms with van der Waals surface area (Å²) in [5, 5.41) is 3.11. The lowest BCUT2D eigenvalue weighted by molar-refractivity contribution is 0.317. The third-order valence-electron chi connectivity index (χ3n) is 1.67. The van der Waals surface area contributed by atoms with E-state index >= 15 is 0 Å². The summed E-state index contributed by atoms with van der Waals surface area (Å²) < 4.78 is 12.5. The lowest BCUT2D eigenvalue weighted by Gasteiger charge is -2.08. The fourth-order valence-corrected chi connectivity index (χ4v) is 0.831. The van der Waals surface area contributed by atoms with Gasteiger partial charge in [0.05, 0.1) is 0 Å². The monoisotopic (exact) mass is 177 g/mol. The number of hydrogen-bond donors (Lipinski definition) is 3. The topological polar surface area (TPSA) is 64.1 Å². The van der Waals surface area contributed by atoms with Gasteiger partial charge >= 0.3 is 0 Å². The molecule has 5 N–H and O–H groups in total. The van der Waals surface area contributed by atoms with Crippen LogP contribution >= 0.6 is 0 Å². The van der Waals surface area contributed by atoms with Gasteiger partial charge in [0.2, 0.25) is 0 Å². The molecule has 0 saturated carbocycles. The molecule has 2 unspecified atom stereocenters. The molecule has 3 nitrogen and oxygen atoms in total. The number of rotatable bonds is 7. The normalized spacial score (nSPS) is 16.0. The summed E-state index contributed by atoms with van der Waals surface area (Å²) in [7, 11) is 0. The van der Waals surface area contributed by atoms with Gasteiger partial charge in [0, 0.05) is 12.6 Å². The lowest BCUT2D eigenvalue weighted by atomic mass is 10.2. The third-order valence-corrected chi connectivity index (χ3v) is 1.67. The lowest BCUT2D eigenvalue weighted by Crippen LogP contribution is -2.27. The molecule has 0 aromatic rings. The van der Waals surface area contributed by atoms with Gasteiger partial charge in [-0.25, -0.2) is 4.39 Å². The van der Waals surface area contributed by atoms with Gasteiger partial charge in [0.15, 0.2) is 0 Å². The van der Waals surface area contributed by atoms with Crippen molar-refractivity contribution in [3.63, 3.8) is 0 Å². The van der Waals surface area contributed by atoms with E-state index in [1.165, 1.54) is 0 Å². The van der Waals surface area contributed by atoms with Crippen LogP contribution in [-0.4, -0.2) is 31.8 Å². The molecule has 12 heavy (non-hydrogen) atoms. The first-order chi connectivity index (χ1) is 5.66. The van der Waals surface area contributed by atoms with Crippen LogP contribution in [0.25, 0.3) is 0 Å². The van der Waals surface area contributed by atoms with Crippen LogP contribution in [-0.2, 0) is 0 Å². The largest absolute Gasteiger partial charge is 0.328 e. The summed E-state index contributed by atoms with van der Waals surface area (Å²) >= 11 is 0. The van der Waals surface area contributed by atoms with Gasteiger partial charge in [-0.05, 0) is 32.9 Å². The molecule has 2 atom stereocenters. The molecule has 0 aliphatic rings. The average molecular weight is 177 g/mol. The maximum Gasteiger partial charge on any atom is 0.113 e. The molecule has 0 bridgehead atoms. The van der Waals surface area contributed by atoms with E-state index < -0.39 is 6.17 Å². The number of nitrogens with two attached hydrogens (primary N) is 2. The van der Waals surface area contributed by atoms with E-state index in [9.17, 15) is 4.39 Å². The van der Waals surface area contributed by atoms with Crippen molar-refractivity contribution < 1.29 is 4.39 Å². The van der Waals surface area contributed by atoms with Crippen LogP contribution in [0.5, 0.6) is 0 Å². The first-order valence-corrected chi connectivity index (χ1v) is 4.47. The average Bonchev–Trinajstić information content (AvgIpc) is 2.03. The Morgan fingerprint density at radius 1 is 1.33 bits per heavy atom. The number of halogens is 1. The van der Waals surface area contributed by atoms with Crippen LogP contribution in [0.15, 0.2) is 0 Å². The summed E-state index contributed by atoms with van der Waals surface area (Å²) in [6.45, 7) is 3.62. The minimum atomic E-state index is -0.868. The summed E-state index contributed by atoms with van der Waals surface area (Å²) in [5.41, 5.74) is 10.6. The quantitative estimate of drug-likeness (QED) is 0.480. The summed E-state index contributed by atoms with van der Waals surface area (Å²) in [6.07, 6.45) is 0.558. The van der Waals surface area contributed by atoms with E-state index in [2.05, 4.69) is 5.32 Å². The fraction of sp³-hybridized carbons (Fsp3) is 1.00. The first kappa shape index (κ1) is 11.8. The van der Waals surface area contributed by atoms with Crippen LogP contribution in [0, 0.1) is 0 Å². The number of alkyl halides is 1. The highest BCUT2D eigenvalue weighted by Crippen LogP contribution is 1.92. The van der Waals surface area contributed by atoms with Gasteiger partial charge in [0.1, 0.15) is 6.17 Å². The first-order valence-electron chi connectivity index (χ1n) is 4.47. The van der Waals surface area contributed by atoms with E-state index in [1.54, 1.807) is 0 Å². The highest BCUT2D eigenvalue weighted by atomic mass is 19.1. The zero-order chi connectivity index (χ0) is 9.40. The minimum Gasteiger partial charge on any atom is -0.328 e. The van der Waals surface area contributed by atoms with Crippen LogP contribution < -0.4 is 16.8 Å². The molecule has 0 saturated heterocycles. The Hall–Kier alpha value is -0.190. The molecule has 74 valence electrons. The molecule has 0 amide bonds. The summed E-state index contributed by atoms with van der Waals surface area (Å²) in [6, 6.07) is 0.216.